The van der Waals surface area contributed by atoms with Gasteiger partial charge < -0.3 is 24.5 Å². The van der Waals surface area contributed by atoms with Crippen molar-refractivity contribution in [3.05, 3.63) is 23.2 Å². The Labute approximate surface area is 220 Å². The zero-order valence-electron chi connectivity index (χ0n) is 22.7. The summed E-state index contributed by atoms with van der Waals surface area (Å²) in [5.41, 5.74) is 0.0962. The standard InChI is InChI=1S/C28H42N6O3/c1-32(2)19-11-15-34(17-19)23-16-24(37-18-20-8-7-14-33(20)3)31-27(30-23)25(29)21-9-6-13-28(26(21)36)12-5-4-10-22(28)35/h16,19-20,29,36H,4-15,17-18H2,1-3H3/p+1/t19-,20+,28-/m1/s1. The summed E-state index contributed by atoms with van der Waals surface area (Å²) < 4.78 is 6.22. The molecule has 0 unspecified atom stereocenters. The van der Waals surface area contributed by atoms with Gasteiger partial charge in [0.05, 0.1) is 5.57 Å². The van der Waals surface area contributed by atoms with Crippen molar-refractivity contribution in [2.24, 2.45) is 5.41 Å². The van der Waals surface area contributed by atoms with Gasteiger partial charge in [0.25, 0.3) is 0 Å². The van der Waals surface area contributed by atoms with Gasteiger partial charge >= 0.3 is 0 Å². The average Bonchev–Trinajstić information content (AvgIpc) is 3.55. The van der Waals surface area contributed by atoms with Crippen LogP contribution in [0.5, 0.6) is 5.88 Å². The number of ketones is 1. The van der Waals surface area contributed by atoms with E-state index in [4.69, 9.17) is 25.2 Å². The number of allylic oxidation sites excluding steroid dienone is 2. The highest BCUT2D eigenvalue weighted by atomic mass is 16.5. The number of likely N-dealkylation sites (N-methyl/N-ethyl adjacent to an activating group) is 2. The SMILES string of the molecule is CN(C)[C@@H]1CCN(c2cc(OC[C@@H]3CCCN3C)nc(C(=N)C3=C([OH2+])[C@]4(CCCCC4=O)CCC3)n2)C1. The Morgan fingerprint density at radius 3 is 2.68 bits per heavy atom. The van der Waals surface area contributed by atoms with E-state index in [2.05, 4.69) is 35.8 Å². The molecule has 1 saturated carbocycles. The zero-order valence-corrected chi connectivity index (χ0v) is 22.7. The first-order chi connectivity index (χ1) is 17.8. The number of anilines is 1. The van der Waals surface area contributed by atoms with Crippen LogP contribution in [0.3, 0.4) is 0 Å². The number of rotatable bonds is 7. The van der Waals surface area contributed by atoms with Gasteiger partial charge in [0.15, 0.2) is 11.6 Å². The summed E-state index contributed by atoms with van der Waals surface area (Å²) in [6, 6.07) is 2.73. The molecular weight excluding hydrogens is 468 g/mol. The molecule has 9 nitrogen and oxygen atoms in total. The molecule has 1 aromatic heterocycles. The minimum absolute atomic E-state index is 0.176. The molecule has 202 valence electrons. The lowest BCUT2D eigenvalue weighted by Crippen LogP contribution is -2.39. The summed E-state index contributed by atoms with van der Waals surface area (Å²) in [5, 5.41) is 18.2. The van der Waals surface area contributed by atoms with Crippen molar-refractivity contribution in [2.75, 3.05) is 52.3 Å². The van der Waals surface area contributed by atoms with Crippen LogP contribution < -0.4 is 9.64 Å². The minimum Gasteiger partial charge on any atom is -0.595 e. The Morgan fingerprint density at radius 2 is 1.97 bits per heavy atom. The number of Topliss-reactive ketones (excluding diaryl/α,β-unsaturated/α-hetero) is 1. The van der Waals surface area contributed by atoms with Crippen molar-refractivity contribution >= 4 is 17.3 Å². The van der Waals surface area contributed by atoms with Crippen molar-refractivity contribution in [3.8, 4) is 5.88 Å². The van der Waals surface area contributed by atoms with Gasteiger partial charge in [-0.25, -0.2) is 4.98 Å². The molecule has 5 rings (SSSR count). The fourth-order valence-electron chi connectivity index (χ4n) is 6.61. The first kappa shape index (κ1) is 26.1. The monoisotopic (exact) mass is 511 g/mol. The second-order valence-corrected chi connectivity index (χ2v) is 11.6. The Hall–Kier alpha value is -2.52. The van der Waals surface area contributed by atoms with E-state index < -0.39 is 5.41 Å². The molecule has 0 bridgehead atoms. The van der Waals surface area contributed by atoms with Gasteiger partial charge in [-0.1, -0.05) is 6.42 Å². The Kier molecular flexibility index (Phi) is 7.54. The molecule has 37 heavy (non-hydrogen) atoms. The summed E-state index contributed by atoms with van der Waals surface area (Å²) in [6.45, 7) is 3.40. The molecule has 0 aromatic carbocycles. The molecule has 9 heteroatoms. The maximum Gasteiger partial charge on any atom is 0.248 e. The van der Waals surface area contributed by atoms with Crippen LogP contribution in [-0.4, -0.2) is 95.8 Å². The molecule has 3 N–H and O–H groups in total. The normalized spacial score (nSPS) is 29.1. The number of aromatic nitrogens is 2. The van der Waals surface area contributed by atoms with Gasteiger partial charge in [-0.3, -0.25) is 10.2 Å². The number of hydrogen-bond donors (Lipinski definition) is 1. The van der Waals surface area contributed by atoms with E-state index in [0.717, 1.165) is 70.4 Å². The number of hydrogen-bond acceptors (Lipinski definition) is 8. The van der Waals surface area contributed by atoms with Crippen LogP contribution >= 0.6 is 0 Å². The first-order valence-corrected chi connectivity index (χ1v) is 14.0. The predicted molar refractivity (Wildman–Crippen MR) is 145 cm³/mol. The molecule has 2 aliphatic heterocycles. The lowest BCUT2D eigenvalue weighted by molar-refractivity contribution is -0.131. The summed E-state index contributed by atoms with van der Waals surface area (Å²) in [5.74, 6) is 2.09. The van der Waals surface area contributed by atoms with Gasteiger partial charge in [-0.2, -0.15) is 4.98 Å². The maximum atomic E-state index is 13.0. The molecule has 1 spiro atoms. The molecule has 3 fully saturated rings. The third-order valence-electron chi connectivity index (χ3n) is 9.13. The number of nitrogens with one attached hydrogen (secondary N) is 1. The predicted octanol–water partition coefficient (Wildman–Crippen LogP) is 2.75. The van der Waals surface area contributed by atoms with E-state index in [-0.39, 0.29) is 11.5 Å². The number of likely N-dealkylation sites (tertiary alicyclic amines) is 1. The highest BCUT2D eigenvalue weighted by molar-refractivity contribution is 6.09. The van der Waals surface area contributed by atoms with Crippen molar-refractivity contribution < 1.29 is 14.6 Å². The second-order valence-electron chi connectivity index (χ2n) is 11.6. The van der Waals surface area contributed by atoms with Gasteiger partial charge in [0.2, 0.25) is 11.6 Å². The van der Waals surface area contributed by atoms with Gasteiger partial charge in [0.1, 0.15) is 23.6 Å². The lowest BCUT2D eigenvalue weighted by Gasteiger charge is -2.36. The highest BCUT2D eigenvalue weighted by Crippen LogP contribution is 2.48. The van der Waals surface area contributed by atoms with Crippen LogP contribution in [-0.2, 0) is 4.79 Å². The Balaban J connectivity index is 1.46. The third kappa shape index (κ3) is 5.12. The van der Waals surface area contributed by atoms with Crippen LogP contribution in [0.15, 0.2) is 17.4 Å². The van der Waals surface area contributed by atoms with Crippen LogP contribution in [0.1, 0.15) is 70.0 Å². The quantitative estimate of drug-likeness (QED) is 0.443. The smallest absolute Gasteiger partial charge is 0.248 e. The molecule has 0 radical (unpaired) electrons. The van der Waals surface area contributed by atoms with Crippen molar-refractivity contribution in [1.29, 1.82) is 5.41 Å². The summed E-state index contributed by atoms with van der Waals surface area (Å²) in [7, 11) is 6.35. The fourth-order valence-corrected chi connectivity index (χ4v) is 6.61. The Morgan fingerprint density at radius 1 is 1.16 bits per heavy atom. The van der Waals surface area contributed by atoms with Crippen LogP contribution in [0, 0.1) is 10.8 Å². The molecule has 3 atom stereocenters. The molecule has 0 amide bonds. The zero-order chi connectivity index (χ0) is 26.2. The van der Waals surface area contributed by atoms with E-state index in [1.54, 1.807) is 0 Å². The van der Waals surface area contributed by atoms with Gasteiger partial charge in [-0.15, -0.1) is 0 Å². The Bertz CT molecular complexity index is 1070. The van der Waals surface area contributed by atoms with Gasteiger partial charge in [0, 0.05) is 37.7 Å². The molecular formula is C28H43N6O3+. The molecule has 2 saturated heterocycles. The molecule has 4 aliphatic rings. The third-order valence-corrected chi connectivity index (χ3v) is 9.13. The fraction of sp³-hybridized carbons (Fsp3) is 0.714. The topological polar surface area (TPSA) is 109 Å². The summed E-state index contributed by atoms with van der Waals surface area (Å²) in [4.78, 5) is 29.4. The van der Waals surface area contributed by atoms with E-state index in [1.165, 1.54) is 6.42 Å². The second kappa shape index (κ2) is 10.7. The number of nitrogens with zero attached hydrogens (tertiary/aromatic N) is 5. The van der Waals surface area contributed by atoms with E-state index in [0.29, 0.717) is 54.6 Å². The summed E-state index contributed by atoms with van der Waals surface area (Å²) >= 11 is 0. The molecule has 1 aromatic rings. The van der Waals surface area contributed by atoms with Crippen LogP contribution in [0.25, 0.3) is 0 Å². The number of carbonyl (C=O) groups is 1. The molecule has 3 heterocycles. The van der Waals surface area contributed by atoms with Crippen molar-refractivity contribution in [3.63, 3.8) is 0 Å². The average molecular weight is 512 g/mol. The number of ether oxygens (including phenoxy) is 1. The van der Waals surface area contributed by atoms with Crippen molar-refractivity contribution in [2.45, 2.75) is 76.3 Å². The molecule has 2 aliphatic carbocycles. The van der Waals surface area contributed by atoms with E-state index >= 15 is 0 Å². The largest absolute Gasteiger partial charge is 0.595 e. The highest BCUT2D eigenvalue weighted by Gasteiger charge is 2.50. The number of carbonyl (C=O) groups excluding carboxylic acids is 1. The maximum absolute atomic E-state index is 13.0. The summed E-state index contributed by atoms with van der Waals surface area (Å²) in [6.07, 6.45) is 8.66. The minimum atomic E-state index is -0.712. The van der Waals surface area contributed by atoms with Crippen molar-refractivity contribution in [1.82, 2.24) is 19.8 Å². The van der Waals surface area contributed by atoms with Crippen LogP contribution in [0.4, 0.5) is 5.82 Å². The first-order valence-electron chi connectivity index (χ1n) is 14.0. The van der Waals surface area contributed by atoms with Crippen LogP contribution in [0.2, 0.25) is 0 Å². The van der Waals surface area contributed by atoms with E-state index in [9.17, 15) is 4.79 Å². The van der Waals surface area contributed by atoms with E-state index in [1.807, 2.05) is 6.07 Å². The lowest BCUT2D eigenvalue weighted by atomic mass is 9.64. The van der Waals surface area contributed by atoms with Gasteiger partial charge in [-0.05, 0) is 79.1 Å².